The third-order valence-electron chi connectivity index (χ3n) is 4.66. The third kappa shape index (κ3) is 5.06. The lowest BCUT2D eigenvalue weighted by Gasteiger charge is -2.31. The lowest BCUT2D eigenvalue weighted by atomic mass is 10.1. The summed E-state index contributed by atoms with van der Waals surface area (Å²) in [5.74, 6) is 0. The minimum atomic E-state index is -0.930. The number of carbonyl (C=O) groups excluding carboxylic acids is 2. The van der Waals surface area contributed by atoms with Crippen LogP contribution in [0, 0.1) is 10.1 Å². The van der Waals surface area contributed by atoms with Crippen LogP contribution in [0.1, 0.15) is 19.8 Å². The molecular formula is C15H21ClN2O10. The van der Waals surface area contributed by atoms with Gasteiger partial charge >= 0.3 is 12.2 Å². The molecular weight excluding hydrogens is 404 g/mol. The first-order valence-corrected chi connectivity index (χ1v) is 9.28. The van der Waals surface area contributed by atoms with E-state index in [1.807, 2.05) is 0 Å². The molecule has 28 heavy (non-hydrogen) atoms. The molecule has 0 saturated carbocycles. The van der Waals surface area contributed by atoms with Gasteiger partial charge in [-0.05, 0) is 19.8 Å². The number of ether oxygens (including phenoxy) is 5. The van der Waals surface area contributed by atoms with Crippen LogP contribution in [-0.4, -0.2) is 84.6 Å². The Morgan fingerprint density at radius 1 is 1.14 bits per heavy atom. The van der Waals surface area contributed by atoms with E-state index in [-0.39, 0.29) is 26.3 Å². The van der Waals surface area contributed by atoms with Crippen LogP contribution >= 0.6 is 11.6 Å². The van der Waals surface area contributed by atoms with Gasteiger partial charge in [-0.15, -0.1) is 10.1 Å². The molecule has 12 nitrogen and oxygen atoms in total. The van der Waals surface area contributed by atoms with Crippen LogP contribution < -0.4 is 0 Å². The summed E-state index contributed by atoms with van der Waals surface area (Å²) in [6, 6.07) is 0. The highest BCUT2D eigenvalue weighted by molar-refractivity contribution is 6.19. The van der Waals surface area contributed by atoms with Crippen molar-refractivity contribution >= 4 is 23.8 Å². The van der Waals surface area contributed by atoms with E-state index in [0.717, 1.165) is 0 Å². The number of halogens is 1. The fraction of sp³-hybridized carbons (Fsp3) is 0.867. The quantitative estimate of drug-likeness (QED) is 0.272. The molecule has 0 N–H and O–H groups in total. The van der Waals surface area contributed by atoms with Crippen LogP contribution in [0.5, 0.6) is 0 Å². The van der Waals surface area contributed by atoms with E-state index < -0.39 is 53.4 Å². The summed E-state index contributed by atoms with van der Waals surface area (Å²) in [6.45, 7) is 2.23. The van der Waals surface area contributed by atoms with Crippen LogP contribution in [0.4, 0.5) is 9.59 Å². The van der Waals surface area contributed by atoms with Crippen LogP contribution in [0.2, 0.25) is 0 Å². The first-order chi connectivity index (χ1) is 13.3. The second-order valence-electron chi connectivity index (χ2n) is 6.60. The monoisotopic (exact) mass is 424 g/mol. The molecule has 3 heterocycles. The zero-order valence-corrected chi connectivity index (χ0v) is 15.8. The Kier molecular flexibility index (Phi) is 6.62. The minimum absolute atomic E-state index is 0.0821. The maximum Gasteiger partial charge on any atom is 0.510 e. The molecule has 0 aromatic heterocycles. The Labute approximate surface area is 165 Å². The highest BCUT2D eigenvalue weighted by Gasteiger charge is 2.51. The van der Waals surface area contributed by atoms with Crippen molar-refractivity contribution in [1.82, 2.24) is 4.90 Å². The lowest BCUT2D eigenvalue weighted by Crippen LogP contribution is -2.44. The summed E-state index contributed by atoms with van der Waals surface area (Å²) in [7, 11) is 0. The summed E-state index contributed by atoms with van der Waals surface area (Å²) < 4.78 is 26.5. The van der Waals surface area contributed by atoms with E-state index >= 15 is 0 Å². The zero-order chi connectivity index (χ0) is 20.3. The molecule has 0 aromatic carbocycles. The number of likely N-dealkylation sites (tertiary alicyclic amines) is 1. The molecule has 1 amide bonds. The fourth-order valence-corrected chi connectivity index (χ4v) is 3.46. The maximum atomic E-state index is 12.3. The third-order valence-corrected chi connectivity index (χ3v) is 4.75. The number of fused-ring (bicyclic) bond motifs is 1. The molecule has 0 bridgehead atoms. The molecule has 0 radical (unpaired) electrons. The molecule has 3 fully saturated rings. The molecule has 3 saturated heterocycles. The van der Waals surface area contributed by atoms with Gasteiger partial charge in [-0.2, -0.15) is 0 Å². The van der Waals surface area contributed by atoms with Crippen molar-refractivity contribution in [3.8, 4) is 0 Å². The van der Waals surface area contributed by atoms with Crippen molar-refractivity contribution in [1.29, 1.82) is 0 Å². The summed E-state index contributed by atoms with van der Waals surface area (Å²) in [5, 5.41) is 9.54. The first kappa shape index (κ1) is 20.7. The van der Waals surface area contributed by atoms with Gasteiger partial charge in [0.15, 0.2) is 17.8 Å². The highest BCUT2D eigenvalue weighted by atomic mass is 35.5. The van der Waals surface area contributed by atoms with Gasteiger partial charge in [-0.3, -0.25) is 0 Å². The number of hydrogen-bond donors (Lipinski definition) is 0. The van der Waals surface area contributed by atoms with Gasteiger partial charge in [0.25, 0.3) is 5.09 Å². The highest BCUT2D eigenvalue weighted by Crippen LogP contribution is 2.31. The van der Waals surface area contributed by atoms with E-state index in [4.69, 9.17) is 35.3 Å². The molecule has 0 aromatic rings. The topological polar surface area (TPSA) is 136 Å². The Balaban J connectivity index is 1.45. The number of piperidine rings is 1. The SMILES string of the molecule is CC(Cl)OC(=O)O[C@@H]1CO[C@H]2[C@H]1OC[C@H]2OC(=O)N1CCC(O[N+](=O)[O-])CC1. The number of nitrogens with zero attached hydrogens (tertiary/aromatic N) is 2. The van der Waals surface area contributed by atoms with Crippen LogP contribution in [-0.2, 0) is 28.5 Å². The predicted octanol–water partition coefficient (Wildman–Crippen LogP) is 1.07. The number of amides is 1. The largest absolute Gasteiger partial charge is 0.510 e. The standard InChI is InChI=1S/C15H21ClN2O10/c1-8(16)25-15(20)27-11-7-24-12-10(6-23-13(11)12)26-14(19)17-4-2-9(3-5-17)28-18(21)22/h8-13H,2-7H2,1H3/t8?,10-,11-,12-,13+/m1/s1. The molecule has 1 unspecified atom stereocenters. The summed E-state index contributed by atoms with van der Waals surface area (Å²) in [5.41, 5.74) is -0.830. The van der Waals surface area contributed by atoms with Crippen molar-refractivity contribution in [2.24, 2.45) is 0 Å². The Hall–Kier alpha value is -2.05. The van der Waals surface area contributed by atoms with Gasteiger partial charge in [-0.25, -0.2) is 9.59 Å². The zero-order valence-electron chi connectivity index (χ0n) is 15.1. The van der Waals surface area contributed by atoms with Crippen LogP contribution in [0.15, 0.2) is 0 Å². The smallest absolute Gasteiger partial charge is 0.441 e. The molecule has 5 atom stereocenters. The van der Waals surface area contributed by atoms with Gasteiger partial charge < -0.3 is 33.4 Å². The minimum Gasteiger partial charge on any atom is -0.441 e. The lowest BCUT2D eigenvalue weighted by molar-refractivity contribution is -0.769. The fourth-order valence-electron chi connectivity index (χ4n) is 3.38. The van der Waals surface area contributed by atoms with E-state index in [0.29, 0.717) is 12.8 Å². The average molecular weight is 425 g/mol. The van der Waals surface area contributed by atoms with Gasteiger partial charge in [0.05, 0.1) is 13.2 Å². The van der Waals surface area contributed by atoms with Crippen LogP contribution in [0.25, 0.3) is 0 Å². The molecule has 13 heteroatoms. The molecule has 0 spiro atoms. The van der Waals surface area contributed by atoms with Crippen molar-refractivity contribution in [2.75, 3.05) is 26.3 Å². The van der Waals surface area contributed by atoms with E-state index in [1.165, 1.54) is 11.8 Å². The number of alkyl halides is 1. The predicted molar refractivity (Wildman–Crippen MR) is 89.1 cm³/mol. The van der Waals surface area contributed by atoms with Crippen molar-refractivity contribution in [3.63, 3.8) is 0 Å². The van der Waals surface area contributed by atoms with Gasteiger partial charge in [0.1, 0.15) is 18.3 Å². The van der Waals surface area contributed by atoms with E-state index in [9.17, 15) is 19.7 Å². The Morgan fingerprint density at radius 3 is 2.25 bits per heavy atom. The molecule has 3 aliphatic heterocycles. The van der Waals surface area contributed by atoms with Crippen molar-refractivity contribution in [2.45, 2.75) is 55.8 Å². The molecule has 158 valence electrons. The summed E-state index contributed by atoms with van der Waals surface area (Å²) in [6.07, 6.45) is -3.80. The first-order valence-electron chi connectivity index (χ1n) is 8.84. The summed E-state index contributed by atoms with van der Waals surface area (Å²) >= 11 is 5.57. The second kappa shape index (κ2) is 8.97. The number of hydrogen-bond acceptors (Lipinski definition) is 10. The number of carbonyl (C=O) groups is 2. The van der Waals surface area contributed by atoms with Crippen LogP contribution in [0.3, 0.4) is 0 Å². The summed E-state index contributed by atoms with van der Waals surface area (Å²) in [4.78, 5) is 40.3. The van der Waals surface area contributed by atoms with Crippen molar-refractivity contribution < 1.29 is 43.2 Å². The molecule has 3 aliphatic rings. The van der Waals surface area contributed by atoms with Gasteiger partial charge in [-0.1, -0.05) is 11.6 Å². The Bertz CT molecular complexity index is 597. The van der Waals surface area contributed by atoms with Crippen molar-refractivity contribution in [3.05, 3.63) is 10.1 Å². The Morgan fingerprint density at radius 2 is 1.71 bits per heavy atom. The van der Waals surface area contributed by atoms with E-state index in [2.05, 4.69) is 4.84 Å². The average Bonchev–Trinajstić information content (AvgIpc) is 3.18. The van der Waals surface area contributed by atoms with Gasteiger partial charge in [0, 0.05) is 13.1 Å². The maximum absolute atomic E-state index is 12.3. The van der Waals surface area contributed by atoms with E-state index in [1.54, 1.807) is 0 Å². The normalized spacial score (nSPS) is 31.0. The molecule has 0 aliphatic carbocycles. The number of rotatable bonds is 5. The molecule has 3 rings (SSSR count). The van der Waals surface area contributed by atoms with Gasteiger partial charge in [0.2, 0.25) is 0 Å². The second-order valence-corrected chi connectivity index (χ2v) is 7.22.